The van der Waals surface area contributed by atoms with Crippen molar-refractivity contribution >= 4 is 22.2 Å². The number of rotatable bonds is 16. The zero-order chi connectivity index (χ0) is 21.1. The van der Waals surface area contributed by atoms with Crippen LogP contribution in [0.15, 0.2) is 0 Å². The maximum Gasteiger partial charge on any atom is 0.324 e. The van der Waals surface area contributed by atoms with Gasteiger partial charge in [-0.25, -0.2) is 0 Å². The minimum Gasteiger partial charge on any atom is -0.481 e. The number of carboxylic acid groups (broad SMARTS) is 2. The summed E-state index contributed by atoms with van der Waals surface area (Å²) in [6.45, 7) is 4.38. The van der Waals surface area contributed by atoms with Gasteiger partial charge in [0.2, 0.25) is 0 Å². The van der Waals surface area contributed by atoms with Gasteiger partial charge in [-0.2, -0.15) is 0 Å². The first-order valence-corrected chi connectivity index (χ1v) is 10.5. The van der Waals surface area contributed by atoms with Gasteiger partial charge in [0.15, 0.2) is 0 Å². The molecule has 0 fully saturated rings. The van der Waals surface area contributed by atoms with Crippen molar-refractivity contribution < 1.29 is 34.0 Å². The van der Waals surface area contributed by atoms with Gasteiger partial charge >= 0.3 is 11.9 Å². The fourth-order valence-electron chi connectivity index (χ4n) is 3.21. The standard InChI is InChI=1S/C18H37NO7Si/c1-6-8-10-17(16(22)23,13-15(20)21)19(11-9-7-2)14(24-3)12-18(27,25-4)26-5/h14H,6-13H2,1-5,27H3,(H,20,21)(H,22,23)/t14?,17-/m0/s1. The molecule has 27 heavy (non-hydrogen) atoms. The summed E-state index contributed by atoms with van der Waals surface area (Å²) in [6.07, 6.45) is 2.38. The lowest BCUT2D eigenvalue weighted by molar-refractivity contribution is -0.202. The number of aliphatic carboxylic acids is 2. The van der Waals surface area contributed by atoms with Crippen molar-refractivity contribution in [1.29, 1.82) is 0 Å². The van der Waals surface area contributed by atoms with E-state index < -0.39 is 35.5 Å². The van der Waals surface area contributed by atoms with Gasteiger partial charge in [-0.1, -0.05) is 33.1 Å². The number of carbonyl (C=O) groups is 2. The third-order valence-corrected chi connectivity index (χ3v) is 6.34. The van der Waals surface area contributed by atoms with Crippen molar-refractivity contribution in [3.63, 3.8) is 0 Å². The number of unbranched alkanes of at least 4 members (excludes halogenated alkanes) is 2. The molecule has 2 N–H and O–H groups in total. The van der Waals surface area contributed by atoms with Crippen LogP contribution in [0.3, 0.4) is 0 Å². The lowest BCUT2D eigenvalue weighted by atomic mass is 9.86. The van der Waals surface area contributed by atoms with E-state index in [1.165, 1.54) is 7.11 Å². The molecule has 0 aliphatic carbocycles. The third kappa shape index (κ3) is 7.50. The van der Waals surface area contributed by atoms with Crippen LogP contribution in [0.5, 0.6) is 0 Å². The van der Waals surface area contributed by atoms with E-state index in [1.807, 2.05) is 13.8 Å². The van der Waals surface area contributed by atoms with Gasteiger partial charge in [-0.05, 0) is 12.8 Å². The normalized spacial score (nSPS) is 15.6. The summed E-state index contributed by atoms with van der Waals surface area (Å²) in [5, 5.41) is 19.6. The monoisotopic (exact) mass is 407 g/mol. The second-order valence-electron chi connectivity index (χ2n) is 6.99. The van der Waals surface area contributed by atoms with Crippen molar-refractivity contribution in [2.45, 2.75) is 76.0 Å². The Morgan fingerprint density at radius 3 is 2.00 bits per heavy atom. The van der Waals surface area contributed by atoms with Gasteiger partial charge < -0.3 is 24.4 Å². The molecule has 160 valence electrons. The number of methoxy groups -OCH3 is 3. The molecular weight excluding hydrogens is 370 g/mol. The first kappa shape index (κ1) is 26.0. The highest BCUT2D eigenvalue weighted by Gasteiger charge is 2.49. The molecule has 0 bridgehead atoms. The van der Waals surface area contributed by atoms with Crippen LogP contribution in [-0.4, -0.2) is 82.3 Å². The number of hydrogen-bond acceptors (Lipinski definition) is 6. The molecule has 0 saturated carbocycles. The van der Waals surface area contributed by atoms with Crippen LogP contribution in [0.25, 0.3) is 0 Å². The molecule has 0 aliphatic rings. The predicted molar refractivity (Wildman–Crippen MR) is 106 cm³/mol. The minimum absolute atomic E-state index is 0.239. The molecule has 1 unspecified atom stereocenters. The van der Waals surface area contributed by atoms with E-state index in [2.05, 4.69) is 0 Å². The summed E-state index contributed by atoms with van der Waals surface area (Å²) in [5.41, 5.74) is -2.38. The molecule has 0 aromatic rings. The smallest absolute Gasteiger partial charge is 0.324 e. The Bertz CT molecular complexity index is 459. The van der Waals surface area contributed by atoms with Crippen molar-refractivity contribution in [3.05, 3.63) is 0 Å². The Morgan fingerprint density at radius 2 is 1.63 bits per heavy atom. The molecule has 0 aliphatic heterocycles. The average Bonchev–Trinajstić information content (AvgIpc) is 2.64. The number of nitrogens with zero attached hydrogens (tertiary/aromatic N) is 1. The van der Waals surface area contributed by atoms with Crippen LogP contribution in [-0.2, 0) is 23.8 Å². The van der Waals surface area contributed by atoms with Gasteiger partial charge in [0.25, 0.3) is 0 Å². The molecule has 0 spiro atoms. The van der Waals surface area contributed by atoms with Gasteiger partial charge in [0.05, 0.1) is 16.7 Å². The van der Waals surface area contributed by atoms with E-state index in [1.54, 1.807) is 19.1 Å². The maximum absolute atomic E-state index is 12.4. The van der Waals surface area contributed by atoms with Crippen LogP contribution in [0.4, 0.5) is 0 Å². The van der Waals surface area contributed by atoms with Crippen molar-refractivity contribution in [1.82, 2.24) is 4.90 Å². The lowest BCUT2D eigenvalue weighted by Gasteiger charge is -2.45. The highest BCUT2D eigenvalue weighted by atomic mass is 28.1. The van der Waals surface area contributed by atoms with E-state index in [-0.39, 0.29) is 6.42 Å². The Balaban J connectivity index is 6.13. The molecule has 8 nitrogen and oxygen atoms in total. The molecule has 2 atom stereocenters. The molecule has 0 radical (unpaired) electrons. The van der Waals surface area contributed by atoms with Crippen LogP contribution in [0.1, 0.15) is 58.8 Å². The molecule has 0 aromatic heterocycles. The zero-order valence-electron chi connectivity index (χ0n) is 17.6. The Morgan fingerprint density at radius 1 is 1.07 bits per heavy atom. The van der Waals surface area contributed by atoms with E-state index in [9.17, 15) is 19.8 Å². The molecule has 9 heteroatoms. The van der Waals surface area contributed by atoms with E-state index in [4.69, 9.17) is 14.2 Å². The van der Waals surface area contributed by atoms with Gasteiger partial charge in [-0.3, -0.25) is 14.5 Å². The van der Waals surface area contributed by atoms with Gasteiger partial charge in [0.1, 0.15) is 17.2 Å². The SMILES string of the molecule is CCCCN(C(CC([SiH3])(OC)OC)OC)[C@@](CCCC)(CC(=O)O)C(=O)O. The molecule has 0 rings (SSSR count). The van der Waals surface area contributed by atoms with Crippen LogP contribution in [0.2, 0.25) is 0 Å². The largest absolute Gasteiger partial charge is 0.481 e. The number of hydrogen-bond donors (Lipinski definition) is 2. The van der Waals surface area contributed by atoms with Crippen molar-refractivity contribution in [2.24, 2.45) is 0 Å². The summed E-state index contributed by atoms with van der Waals surface area (Å²) >= 11 is 0. The van der Waals surface area contributed by atoms with E-state index in [0.29, 0.717) is 29.6 Å². The summed E-state index contributed by atoms with van der Waals surface area (Å²) < 4.78 is 16.6. The first-order chi connectivity index (χ1) is 12.7. The van der Waals surface area contributed by atoms with Crippen LogP contribution >= 0.6 is 0 Å². The van der Waals surface area contributed by atoms with E-state index in [0.717, 1.165) is 19.3 Å². The van der Waals surface area contributed by atoms with Crippen LogP contribution < -0.4 is 0 Å². The molecule has 0 saturated heterocycles. The Labute approximate surface area is 165 Å². The summed E-state index contributed by atoms with van der Waals surface area (Å²) in [5.74, 6) is -2.27. The number of ether oxygens (including phenoxy) is 3. The summed E-state index contributed by atoms with van der Waals surface area (Å²) in [4.78, 5) is 25.7. The highest BCUT2D eigenvalue weighted by molar-refractivity contribution is 6.13. The maximum atomic E-state index is 12.4. The zero-order valence-corrected chi connectivity index (χ0v) is 19.6. The quantitative estimate of drug-likeness (QED) is 0.291. The molecule has 0 aromatic carbocycles. The fraction of sp³-hybridized carbons (Fsp3) is 0.889. The number of carboxylic acids is 2. The molecule has 0 amide bonds. The second-order valence-corrected chi connectivity index (χ2v) is 8.52. The lowest BCUT2D eigenvalue weighted by Crippen LogP contribution is -2.61. The first-order valence-electron chi connectivity index (χ1n) is 9.51. The van der Waals surface area contributed by atoms with Crippen LogP contribution in [0, 0.1) is 0 Å². The average molecular weight is 408 g/mol. The fourth-order valence-corrected chi connectivity index (χ4v) is 3.56. The Kier molecular flexibility index (Phi) is 12.0. The molecule has 0 heterocycles. The van der Waals surface area contributed by atoms with Gasteiger partial charge in [0, 0.05) is 34.3 Å². The summed E-state index contributed by atoms with van der Waals surface area (Å²) in [7, 11) is 5.13. The highest BCUT2D eigenvalue weighted by Crippen LogP contribution is 2.33. The van der Waals surface area contributed by atoms with Crippen molar-refractivity contribution in [3.8, 4) is 0 Å². The molecular formula is C18H37NO7Si. The Hall–Kier alpha value is -1.00. The third-order valence-electron chi connectivity index (χ3n) is 5.12. The summed E-state index contributed by atoms with van der Waals surface area (Å²) in [6, 6.07) is 0. The predicted octanol–water partition coefficient (Wildman–Crippen LogP) is 1.25. The van der Waals surface area contributed by atoms with Gasteiger partial charge in [-0.15, -0.1) is 0 Å². The van der Waals surface area contributed by atoms with E-state index >= 15 is 0 Å². The second kappa shape index (κ2) is 12.5. The van der Waals surface area contributed by atoms with Crippen molar-refractivity contribution in [2.75, 3.05) is 27.9 Å². The topological polar surface area (TPSA) is 106 Å². The minimum atomic E-state index is -1.54.